The molecule has 102 valence electrons. The number of aromatic nitrogens is 2. The van der Waals surface area contributed by atoms with Crippen LogP contribution in [0.4, 0.5) is 11.5 Å². The second kappa shape index (κ2) is 4.92. The molecule has 1 aromatic carbocycles. The minimum atomic E-state index is 0.0677. The molecule has 20 heavy (non-hydrogen) atoms. The largest absolute Gasteiger partial charge is 0.384 e. The normalized spacial score (nSPS) is 13.1. The molecule has 0 spiro atoms. The van der Waals surface area contributed by atoms with Crippen LogP contribution in [-0.4, -0.2) is 22.9 Å². The van der Waals surface area contributed by atoms with Gasteiger partial charge in [-0.2, -0.15) is 0 Å². The first-order valence-corrected chi connectivity index (χ1v) is 6.68. The van der Waals surface area contributed by atoms with E-state index in [2.05, 4.69) is 9.97 Å². The van der Waals surface area contributed by atoms with Crippen molar-refractivity contribution in [3.63, 3.8) is 0 Å². The van der Waals surface area contributed by atoms with Crippen LogP contribution in [0.1, 0.15) is 23.2 Å². The molecular weight excluding hydrogens is 250 g/mol. The Bertz CT molecular complexity index is 665. The van der Waals surface area contributed by atoms with Gasteiger partial charge >= 0.3 is 0 Å². The van der Waals surface area contributed by atoms with E-state index < -0.39 is 0 Å². The van der Waals surface area contributed by atoms with Crippen LogP contribution >= 0.6 is 0 Å². The summed E-state index contributed by atoms with van der Waals surface area (Å²) in [5, 5.41) is 7.70. The number of rotatable bonds is 3. The summed E-state index contributed by atoms with van der Waals surface area (Å²) in [4.78, 5) is 10.8. The zero-order valence-electron chi connectivity index (χ0n) is 11.4. The third kappa shape index (κ3) is 2.01. The molecule has 0 unspecified atom stereocenters. The van der Waals surface area contributed by atoms with Crippen LogP contribution in [0.2, 0.25) is 0 Å². The van der Waals surface area contributed by atoms with Gasteiger partial charge in [0.25, 0.3) is 0 Å². The van der Waals surface area contributed by atoms with Crippen LogP contribution in [0.25, 0.3) is 0 Å². The maximum absolute atomic E-state index is 7.70. The lowest BCUT2D eigenvalue weighted by Crippen LogP contribution is -2.20. The molecule has 2 aromatic rings. The van der Waals surface area contributed by atoms with Gasteiger partial charge in [0.2, 0.25) is 0 Å². The van der Waals surface area contributed by atoms with Gasteiger partial charge in [-0.3, -0.25) is 5.41 Å². The monoisotopic (exact) mass is 267 g/mol. The lowest BCUT2D eigenvalue weighted by molar-refractivity contribution is 0.899. The molecule has 1 heterocycles. The Morgan fingerprint density at radius 2 is 2.05 bits per heavy atom. The molecule has 0 amide bonds. The molecule has 0 bridgehead atoms. The highest BCUT2D eigenvalue weighted by atomic mass is 15.2. The van der Waals surface area contributed by atoms with Crippen LogP contribution in [0.15, 0.2) is 30.6 Å². The lowest BCUT2D eigenvalue weighted by Gasteiger charge is -2.23. The zero-order chi connectivity index (χ0) is 14.1. The second-order valence-electron chi connectivity index (χ2n) is 4.97. The molecule has 3 rings (SSSR count). The Kier molecular flexibility index (Phi) is 3.10. The summed E-state index contributed by atoms with van der Waals surface area (Å²) in [6.07, 6.45) is 4.78. The molecular formula is C15H17N5. The summed E-state index contributed by atoms with van der Waals surface area (Å²) < 4.78 is 0. The predicted molar refractivity (Wildman–Crippen MR) is 79.6 cm³/mol. The maximum atomic E-state index is 7.70. The first-order valence-electron chi connectivity index (χ1n) is 6.68. The highest BCUT2D eigenvalue weighted by Crippen LogP contribution is 2.32. The van der Waals surface area contributed by atoms with E-state index in [1.807, 2.05) is 36.2 Å². The molecule has 0 saturated carbocycles. The quantitative estimate of drug-likeness (QED) is 0.658. The Morgan fingerprint density at radius 3 is 2.85 bits per heavy atom. The molecule has 1 aliphatic carbocycles. The molecule has 1 aliphatic rings. The minimum Gasteiger partial charge on any atom is -0.384 e. The van der Waals surface area contributed by atoms with Crippen molar-refractivity contribution in [3.8, 4) is 0 Å². The number of hydrogen-bond acceptors (Lipinski definition) is 4. The van der Waals surface area contributed by atoms with Gasteiger partial charge in [0.1, 0.15) is 18.0 Å². The van der Waals surface area contributed by atoms with E-state index in [0.717, 1.165) is 42.0 Å². The number of nitrogen functional groups attached to an aromatic ring is 1. The fourth-order valence-corrected chi connectivity index (χ4v) is 2.74. The van der Waals surface area contributed by atoms with E-state index in [9.17, 15) is 0 Å². The molecule has 1 aromatic heterocycles. The van der Waals surface area contributed by atoms with E-state index in [1.54, 1.807) is 6.33 Å². The molecule has 0 saturated heterocycles. The van der Waals surface area contributed by atoms with Crippen molar-refractivity contribution >= 4 is 17.3 Å². The van der Waals surface area contributed by atoms with Crippen LogP contribution in [-0.2, 0) is 12.8 Å². The third-order valence-electron chi connectivity index (χ3n) is 3.73. The molecule has 5 heteroatoms. The van der Waals surface area contributed by atoms with Crippen molar-refractivity contribution in [2.24, 2.45) is 5.73 Å². The Balaban J connectivity index is 2.08. The van der Waals surface area contributed by atoms with Crippen LogP contribution in [0.3, 0.4) is 0 Å². The van der Waals surface area contributed by atoms with Gasteiger partial charge in [0.15, 0.2) is 0 Å². The highest BCUT2D eigenvalue weighted by molar-refractivity contribution is 6.01. The molecule has 5 nitrogen and oxygen atoms in total. The average Bonchev–Trinajstić information content (AvgIpc) is 2.94. The fourth-order valence-electron chi connectivity index (χ4n) is 2.74. The van der Waals surface area contributed by atoms with Crippen molar-refractivity contribution in [2.75, 3.05) is 11.9 Å². The lowest BCUT2D eigenvalue weighted by atomic mass is 10.1. The SMILES string of the molecule is CN(c1ccccc1C(=N)N)c1ncnc2c1CCC2. The first kappa shape index (κ1) is 12.6. The Morgan fingerprint density at radius 1 is 1.25 bits per heavy atom. The van der Waals surface area contributed by atoms with E-state index in [0.29, 0.717) is 0 Å². The van der Waals surface area contributed by atoms with Gasteiger partial charge in [0.05, 0.1) is 5.69 Å². The topological polar surface area (TPSA) is 78.9 Å². The summed E-state index contributed by atoms with van der Waals surface area (Å²) in [7, 11) is 1.96. The van der Waals surface area contributed by atoms with Crippen molar-refractivity contribution in [3.05, 3.63) is 47.4 Å². The van der Waals surface area contributed by atoms with Crippen molar-refractivity contribution in [1.82, 2.24) is 9.97 Å². The van der Waals surface area contributed by atoms with Crippen LogP contribution in [0.5, 0.6) is 0 Å². The summed E-state index contributed by atoms with van der Waals surface area (Å²) in [5.74, 6) is 0.986. The summed E-state index contributed by atoms with van der Waals surface area (Å²) in [6, 6.07) is 7.65. The minimum absolute atomic E-state index is 0.0677. The third-order valence-corrected chi connectivity index (χ3v) is 3.73. The Hall–Kier alpha value is -2.43. The van der Waals surface area contributed by atoms with Crippen molar-refractivity contribution in [2.45, 2.75) is 19.3 Å². The van der Waals surface area contributed by atoms with Gasteiger partial charge < -0.3 is 10.6 Å². The van der Waals surface area contributed by atoms with Gasteiger partial charge in [-0.1, -0.05) is 12.1 Å². The van der Waals surface area contributed by atoms with Gasteiger partial charge in [0, 0.05) is 23.9 Å². The number of benzene rings is 1. The van der Waals surface area contributed by atoms with Crippen molar-refractivity contribution in [1.29, 1.82) is 5.41 Å². The average molecular weight is 267 g/mol. The maximum Gasteiger partial charge on any atom is 0.139 e. The molecule has 3 N–H and O–H groups in total. The number of para-hydroxylation sites is 1. The number of nitrogens with zero attached hydrogens (tertiary/aromatic N) is 3. The van der Waals surface area contributed by atoms with E-state index in [-0.39, 0.29) is 5.84 Å². The van der Waals surface area contributed by atoms with Gasteiger partial charge in [-0.25, -0.2) is 9.97 Å². The number of hydrogen-bond donors (Lipinski definition) is 2. The first-order chi connectivity index (χ1) is 9.68. The number of aryl methyl sites for hydroxylation is 1. The summed E-state index contributed by atoms with van der Waals surface area (Å²) in [6.45, 7) is 0. The molecule has 0 radical (unpaired) electrons. The van der Waals surface area contributed by atoms with Crippen LogP contribution in [0, 0.1) is 5.41 Å². The van der Waals surface area contributed by atoms with E-state index in [1.165, 1.54) is 5.56 Å². The number of nitrogens with one attached hydrogen (secondary N) is 1. The van der Waals surface area contributed by atoms with Crippen molar-refractivity contribution < 1.29 is 0 Å². The molecule has 0 atom stereocenters. The van der Waals surface area contributed by atoms with Gasteiger partial charge in [-0.05, 0) is 31.4 Å². The number of amidine groups is 1. The molecule has 0 aliphatic heterocycles. The predicted octanol–water partition coefficient (Wildman–Crippen LogP) is 2.02. The standard InChI is InChI=1S/C15H17N5/c1-20(13-8-3-2-5-11(13)14(16)17)15-10-6-4-7-12(10)18-9-19-15/h2-3,5,8-9H,4,6-7H2,1H3,(H3,16,17). The Labute approximate surface area is 118 Å². The van der Waals surface area contributed by atoms with Gasteiger partial charge in [-0.15, -0.1) is 0 Å². The van der Waals surface area contributed by atoms with E-state index >= 15 is 0 Å². The number of nitrogens with two attached hydrogens (primary N) is 1. The number of anilines is 2. The molecule has 0 fully saturated rings. The summed E-state index contributed by atoms with van der Waals surface area (Å²) in [5.41, 5.74) is 9.64. The van der Waals surface area contributed by atoms with E-state index in [4.69, 9.17) is 11.1 Å². The second-order valence-corrected chi connectivity index (χ2v) is 4.97. The smallest absolute Gasteiger partial charge is 0.139 e. The highest BCUT2D eigenvalue weighted by Gasteiger charge is 2.21. The number of fused-ring (bicyclic) bond motifs is 1. The fraction of sp³-hybridized carbons (Fsp3) is 0.267. The van der Waals surface area contributed by atoms with Crippen LogP contribution < -0.4 is 10.6 Å². The summed E-state index contributed by atoms with van der Waals surface area (Å²) >= 11 is 0. The zero-order valence-corrected chi connectivity index (χ0v) is 11.4.